The molecule has 0 saturated heterocycles. The van der Waals surface area contributed by atoms with Crippen molar-refractivity contribution in [1.82, 2.24) is 44.5 Å². The highest BCUT2D eigenvalue weighted by molar-refractivity contribution is 9.09. The lowest BCUT2D eigenvalue weighted by Crippen LogP contribution is -2.51. The molecular formula is C53H80BrN9O17S3. The van der Waals surface area contributed by atoms with Crippen LogP contribution in [0.4, 0.5) is 0 Å². The van der Waals surface area contributed by atoms with Crippen molar-refractivity contribution in [3.8, 4) is 0 Å². The first-order chi connectivity index (χ1) is 38.5. The molecule has 30 heteroatoms. The maximum absolute atomic E-state index is 13.1. The molecule has 0 bridgehead atoms. The number of carboxylic acid groups (broad SMARTS) is 1. The lowest BCUT2D eigenvalue weighted by atomic mass is 10.0. The van der Waals surface area contributed by atoms with E-state index in [0.29, 0.717) is 104 Å². The molecule has 0 unspecified atom stereocenters. The maximum Gasteiger partial charge on any atom is 0.359 e. The molecule has 464 valence electrons. The summed E-state index contributed by atoms with van der Waals surface area (Å²) in [6, 6.07) is 0. The van der Waals surface area contributed by atoms with Gasteiger partial charge in [0.25, 0.3) is 17.7 Å². The van der Waals surface area contributed by atoms with Crippen LogP contribution in [-0.2, 0) is 79.4 Å². The Labute approximate surface area is 493 Å². The van der Waals surface area contributed by atoms with Gasteiger partial charge in [-0.3, -0.25) is 28.4 Å². The number of aromatic carboxylic acids is 1. The van der Waals surface area contributed by atoms with Crippen molar-refractivity contribution >= 4 is 81.1 Å². The zero-order chi connectivity index (χ0) is 62.4. The number of nitrogens with zero attached hydrogens (tertiary/aromatic N) is 8. The van der Waals surface area contributed by atoms with E-state index in [2.05, 4.69) is 36.5 Å². The minimum Gasteiger partial charge on any atom is -0.476 e. The Balaban J connectivity index is 0.000000186. The molecule has 0 radical (unpaired) electrons. The van der Waals surface area contributed by atoms with Crippen LogP contribution in [0, 0.1) is 0 Å². The summed E-state index contributed by atoms with van der Waals surface area (Å²) >= 11 is 3.31. The predicted molar refractivity (Wildman–Crippen MR) is 307 cm³/mol. The molecule has 3 aromatic heterocycles. The van der Waals surface area contributed by atoms with Gasteiger partial charge in [0.1, 0.15) is 17.1 Å². The minimum absolute atomic E-state index is 0.0463. The van der Waals surface area contributed by atoms with E-state index in [9.17, 15) is 69.3 Å². The smallest absolute Gasteiger partial charge is 0.359 e. The maximum atomic E-state index is 13.1. The van der Waals surface area contributed by atoms with Crippen molar-refractivity contribution in [3.05, 3.63) is 50.9 Å². The highest BCUT2D eigenvalue weighted by Gasteiger charge is 2.62. The number of alkyl halides is 1. The molecule has 3 saturated carbocycles. The van der Waals surface area contributed by atoms with Crippen LogP contribution in [0.1, 0.15) is 187 Å². The molecule has 9 rings (SSSR count). The van der Waals surface area contributed by atoms with Gasteiger partial charge in [-0.2, -0.15) is 15.3 Å². The number of hydrogen-bond acceptors (Lipinski definition) is 19. The van der Waals surface area contributed by atoms with Gasteiger partial charge in [-0.05, 0) is 120 Å². The second-order valence-electron chi connectivity index (χ2n) is 23.7. The van der Waals surface area contributed by atoms with Crippen LogP contribution in [0.3, 0.4) is 0 Å². The summed E-state index contributed by atoms with van der Waals surface area (Å²) in [5, 5.41) is 43.6. The summed E-state index contributed by atoms with van der Waals surface area (Å²) in [5.74, 6) is -3.14. The predicted octanol–water partition coefficient (Wildman–Crippen LogP) is 2.55. The van der Waals surface area contributed by atoms with Crippen molar-refractivity contribution in [1.29, 1.82) is 0 Å². The largest absolute Gasteiger partial charge is 0.476 e. The number of fused-ring (bicyclic) bond motifs is 3. The van der Waals surface area contributed by atoms with Gasteiger partial charge >= 0.3 is 17.9 Å². The first-order valence-corrected chi connectivity index (χ1v) is 33.2. The van der Waals surface area contributed by atoms with Crippen LogP contribution in [0.25, 0.3) is 0 Å². The standard InChI is InChI=1S/C18H27N3O6S.C16H23N3O6S.C10H13N3O3.C9H17BrO2S/c1-5-27-16(24)13-12-6-9-21(15(23)14(12)20(4)19-13)10-18(7-8-18)28(25,26)17(2,3)11-22;1-15(2,9-20)26(24,25)16(5-6-16)8-19-7-4-10-11(14(22)23)17-18(3)12(10)13(19)21;1-3-16-10(15)7-6-4-5-11-9(14)8(6)13(2)12-7;1-4-8(2,3)13(11,12)9(7-10)5-6-9/h22H,5-11H2,1-4H3;20H,4-9H2,1-3H3,(H,22,23);3-5H2,1-2H3,(H,11,14);4-7H2,1-3H3. The Bertz CT molecular complexity index is 3380. The highest BCUT2D eigenvalue weighted by atomic mass is 79.9. The average molecular weight is 1290 g/mol. The van der Waals surface area contributed by atoms with Gasteiger partial charge < -0.3 is 39.9 Å². The Kier molecular flexibility index (Phi) is 19.5. The number of aliphatic hydroxyl groups excluding tert-OH is 2. The van der Waals surface area contributed by atoms with Crippen LogP contribution in [-0.4, -0.2) is 208 Å². The van der Waals surface area contributed by atoms with Crippen molar-refractivity contribution in [3.63, 3.8) is 0 Å². The van der Waals surface area contributed by atoms with Gasteiger partial charge in [0.2, 0.25) is 0 Å². The Morgan fingerprint density at radius 2 is 0.928 bits per heavy atom. The minimum atomic E-state index is -3.66. The summed E-state index contributed by atoms with van der Waals surface area (Å²) in [7, 11) is -5.54. The number of hydrogen-bond donors (Lipinski definition) is 4. The van der Waals surface area contributed by atoms with Crippen LogP contribution < -0.4 is 5.32 Å². The van der Waals surface area contributed by atoms with Crippen molar-refractivity contribution in [2.24, 2.45) is 21.1 Å². The fraction of sp³-hybridized carbons (Fsp3) is 0.717. The Morgan fingerprint density at radius 3 is 1.27 bits per heavy atom. The van der Waals surface area contributed by atoms with E-state index >= 15 is 0 Å². The van der Waals surface area contributed by atoms with E-state index in [1.807, 2.05) is 20.8 Å². The third-order valence-electron chi connectivity index (χ3n) is 16.8. The molecule has 3 amide bonds. The number of carbonyl (C=O) groups is 6. The van der Waals surface area contributed by atoms with Crippen molar-refractivity contribution < 1.29 is 78.8 Å². The molecule has 6 heterocycles. The van der Waals surface area contributed by atoms with E-state index in [1.54, 1.807) is 27.9 Å². The Hall–Kier alpha value is -5.30. The molecule has 0 spiro atoms. The summed E-state index contributed by atoms with van der Waals surface area (Å²) in [6.45, 7) is 15.8. The van der Waals surface area contributed by atoms with Gasteiger partial charge in [0, 0.05) is 75.9 Å². The van der Waals surface area contributed by atoms with Crippen LogP contribution >= 0.6 is 15.9 Å². The van der Waals surface area contributed by atoms with E-state index < -0.39 is 95.0 Å². The van der Waals surface area contributed by atoms with E-state index in [4.69, 9.17) is 9.47 Å². The number of carbonyl (C=O) groups excluding carboxylic acids is 5. The molecule has 0 atom stereocenters. The SMILES string of the molecule is CCC(C)(C)S(=O)(=O)C1(CBr)CC1.CCOC(=O)c1nn(C)c2c1CCN(CC1(S(=O)(=O)C(C)(C)CO)CC1)C2=O.CCOC(=O)c1nn(C)c2c1CCNC2=O.Cn1nc(C(=O)O)c2c1C(=O)N(CC1(S(=O)(=O)C(C)(C)CO)CC1)CC2. The van der Waals surface area contributed by atoms with Crippen molar-refractivity contribution in [2.45, 2.75) is 155 Å². The molecule has 4 N–H and O–H groups in total. The monoisotopic (exact) mass is 1290 g/mol. The molecule has 6 aliphatic rings. The molecule has 3 aliphatic heterocycles. The normalized spacial score (nSPS) is 18.5. The third-order valence-corrected chi connectivity index (χ3v) is 28.2. The molecule has 3 aromatic rings. The number of aromatic nitrogens is 6. The third kappa shape index (κ3) is 12.1. The van der Waals surface area contributed by atoms with E-state index in [-0.39, 0.29) is 60.8 Å². The summed E-state index contributed by atoms with van der Waals surface area (Å²) in [5.41, 5.74) is 2.84. The topological polar surface area (TPSA) is 356 Å². The number of sulfone groups is 3. The van der Waals surface area contributed by atoms with E-state index in [0.717, 1.165) is 12.8 Å². The zero-order valence-corrected chi connectivity index (χ0v) is 53.4. The number of ether oxygens (including phenoxy) is 2. The van der Waals surface area contributed by atoms with Gasteiger partial charge in [-0.25, -0.2) is 39.6 Å². The number of rotatable bonds is 19. The van der Waals surface area contributed by atoms with Gasteiger partial charge in [0.05, 0.1) is 54.9 Å². The van der Waals surface area contributed by atoms with Gasteiger partial charge in [-0.1, -0.05) is 22.9 Å². The number of amides is 3. The first-order valence-electron chi connectivity index (χ1n) is 27.6. The zero-order valence-electron chi connectivity index (χ0n) is 49.4. The van der Waals surface area contributed by atoms with Gasteiger partial charge in [0.15, 0.2) is 46.6 Å². The highest BCUT2D eigenvalue weighted by Crippen LogP contribution is 2.52. The van der Waals surface area contributed by atoms with Crippen LogP contribution in [0.2, 0.25) is 0 Å². The quantitative estimate of drug-likeness (QED) is 0.0989. The number of aliphatic hydroxyl groups is 2. The average Bonchev–Trinajstić information content (AvgIpc) is 1.87. The molecule has 83 heavy (non-hydrogen) atoms. The fourth-order valence-corrected chi connectivity index (χ4v) is 19.0. The molecule has 3 aliphatic carbocycles. The van der Waals surface area contributed by atoms with E-state index in [1.165, 1.54) is 58.6 Å². The van der Waals surface area contributed by atoms with Crippen LogP contribution in [0.5, 0.6) is 0 Å². The fourth-order valence-electron chi connectivity index (χ4n) is 10.5. The lowest BCUT2D eigenvalue weighted by Gasteiger charge is -2.34. The number of aryl methyl sites for hydroxylation is 3. The second-order valence-corrected chi connectivity index (χ2v) is 33.2. The van der Waals surface area contributed by atoms with Crippen LogP contribution in [0.15, 0.2) is 0 Å². The number of carboxylic acids is 1. The lowest BCUT2D eigenvalue weighted by molar-refractivity contribution is 0.0507. The Morgan fingerprint density at radius 1 is 0.578 bits per heavy atom. The first kappa shape index (κ1) is 66.8. The number of esters is 2. The van der Waals surface area contributed by atoms with Gasteiger partial charge in [-0.15, -0.1) is 0 Å². The molecular weight excluding hydrogens is 1210 g/mol. The second kappa shape index (κ2) is 24.2. The summed E-state index contributed by atoms with van der Waals surface area (Å²) in [6.07, 6.45) is 5.49. The molecule has 0 aromatic carbocycles. The summed E-state index contributed by atoms with van der Waals surface area (Å²) in [4.78, 5) is 75.5. The molecule has 3 fully saturated rings. The number of nitrogens with one attached hydrogen (secondary N) is 1. The van der Waals surface area contributed by atoms with Crippen molar-refractivity contribution in [2.75, 3.05) is 64.5 Å². The number of halogens is 1. The summed E-state index contributed by atoms with van der Waals surface area (Å²) < 4.78 is 84.7. The molecule has 26 nitrogen and oxygen atoms in total.